The molecule has 0 aromatic carbocycles. The summed E-state index contributed by atoms with van der Waals surface area (Å²) in [4.78, 5) is 48.9. The van der Waals surface area contributed by atoms with Gasteiger partial charge in [-0.25, -0.2) is 9.78 Å². The van der Waals surface area contributed by atoms with Crippen LogP contribution in [-0.4, -0.2) is 73.4 Å². The quantitative estimate of drug-likeness (QED) is 0.336. The molecule has 1 aliphatic rings. The van der Waals surface area contributed by atoms with E-state index >= 15 is 0 Å². The molecule has 0 radical (unpaired) electrons. The van der Waals surface area contributed by atoms with E-state index in [0.717, 1.165) is 26.2 Å². The van der Waals surface area contributed by atoms with Gasteiger partial charge in [-0.05, 0) is 19.1 Å². The van der Waals surface area contributed by atoms with Crippen molar-refractivity contribution in [2.45, 2.75) is 19.6 Å². The van der Waals surface area contributed by atoms with Crippen molar-refractivity contribution in [3.05, 3.63) is 34.2 Å². The first-order valence-electron chi connectivity index (χ1n) is 11.1. The number of nitrogens with two attached hydrogens (primary N) is 1. The minimum atomic E-state index is -5.08. The molecule has 16 heteroatoms. The molecule has 0 atom stereocenters. The van der Waals surface area contributed by atoms with Crippen LogP contribution in [-0.2, 0) is 18.4 Å². The number of amides is 1. The van der Waals surface area contributed by atoms with Crippen LogP contribution < -0.4 is 26.8 Å². The number of hydrogen-bond donors (Lipinski definition) is 4. The van der Waals surface area contributed by atoms with Crippen LogP contribution in [0.15, 0.2) is 23.1 Å². The number of carboxylic acids is 1. The van der Waals surface area contributed by atoms with Gasteiger partial charge in [0, 0.05) is 39.4 Å². The Balaban J connectivity index is 0.000000505. The minimum Gasteiger partial charge on any atom is -0.475 e. The van der Waals surface area contributed by atoms with Crippen LogP contribution in [0.5, 0.6) is 0 Å². The molecular weight excluding hydrogens is 511 g/mol. The lowest BCUT2D eigenvalue weighted by molar-refractivity contribution is -0.192. The van der Waals surface area contributed by atoms with Crippen molar-refractivity contribution >= 4 is 40.8 Å². The number of alkyl halides is 3. The van der Waals surface area contributed by atoms with Crippen LogP contribution in [0.3, 0.4) is 0 Å². The SMILES string of the molecule is CC#CCn1c(N2CCNCC2)nc2nc(Nc3ccc(C(N)=O)cn3)n(C)c(=O)c21.O=C(O)C(F)(F)F. The molecule has 0 unspecified atom stereocenters. The molecule has 1 aliphatic heterocycles. The third kappa shape index (κ3) is 6.37. The van der Waals surface area contributed by atoms with E-state index in [4.69, 9.17) is 15.6 Å². The predicted octanol–water partition coefficient (Wildman–Crippen LogP) is 0.434. The molecule has 4 rings (SSSR count). The van der Waals surface area contributed by atoms with Crippen LogP contribution >= 0.6 is 0 Å². The normalized spacial score (nSPS) is 13.2. The molecule has 38 heavy (non-hydrogen) atoms. The first-order valence-corrected chi connectivity index (χ1v) is 11.1. The summed E-state index contributed by atoms with van der Waals surface area (Å²) in [6.07, 6.45) is -3.72. The second-order valence-corrected chi connectivity index (χ2v) is 7.86. The summed E-state index contributed by atoms with van der Waals surface area (Å²) < 4.78 is 35.0. The number of pyridine rings is 1. The van der Waals surface area contributed by atoms with E-state index in [-0.39, 0.29) is 11.5 Å². The smallest absolute Gasteiger partial charge is 0.475 e. The molecule has 5 N–H and O–H groups in total. The van der Waals surface area contributed by atoms with Gasteiger partial charge in [-0.3, -0.25) is 18.7 Å². The Labute approximate surface area is 213 Å². The molecule has 202 valence electrons. The van der Waals surface area contributed by atoms with E-state index in [9.17, 15) is 22.8 Å². The van der Waals surface area contributed by atoms with Gasteiger partial charge in [0.2, 0.25) is 17.8 Å². The number of aromatic nitrogens is 5. The van der Waals surface area contributed by atoms with Crippen molar-refractivity contribution in [1.82, 2.24) is 29.4 Å². The molecular formula is C22H24F3N9O4. The molecule has 1 fully saturated rings. The van der Waals surface area contributed by atoms with Crippen LogP contribution in [0.25, 0.3) is 11.2 Å². The summed E-state index contributed by atoms with van der Waals surface area (Å²) in [6, 6.07) is 3.15. The van der Waals surface area contributed by atoms with E-state index in [1.54, 1.807) is 26.1 Å². The van der Waals surface area contributed by atoms with Gasteiger partial charge in [0.05, 0.1) is 12.1 Å². The van der Waals surface area contributed by atoms with E-state index < -0.39 is 18.1 Å². The number of primary amides is 1. The fourth-order valence-corrected chi connectivity index (χ4v) is 3.40. The number of piperazine rings is 1. The highest BCUT2D eigenvalue weighted by atomic mass is 19.4. The van der Waals surface area contributed by atoms with Gasteiger partial charge in [-0.1, -0.05) is 5.92 Å². The highest BCUT2D eigenvalue weighted by Crippen LogP contribution is 2.22. The van der Waals surface area contributed by atoms with Gasteiger partial charge in [0.25, 0.3) is 5.56 Å². The standard InChI is InChI=1S/C20H23N9O2.C2HF3O2/c1-3-4-9-29-15-17(26-20(29)28-10-7-22-8-11-28)25-19(27(2)18(15)31)24-14-6-5-13(12-23-14)16(21)30;3-2(4,5)1(6)7/h5-6,12,22H,7-11H2,1-2H3,(H2,21,30)(H,23,24,25);(H,6,7). The average molecular weight is 535 g/mol. The number of imidazole rings is 1. The third-order valence-corrected chi connectivity index (χ3v) is 5.31. The van der Waals surface area contributed by atoms with Gasteiger partial charge >= 0.3 is 12.1 Å². The topological polar surface area (TPSA) is 173 Å². The van der Waals surface area contributed by atoms with Crippen molar-refractivity contribution in [2.24, 2.45) is 12.8 Å². The number of carbonyl (C=O) groups is 2. The summed E-state index contributed by atoms with van der Waals surface area (Å²) in [5.41, 5.74) is 6.04. The number of carbonyl (C=O) groups excluding carboxylic acids is 1. The zero-order chi connectivity index (χ0) is 28.0. The molecule has 13 nitrogen and oxygen atoms in total. The number of fused-ring (bicyclic) bond motifs is 1. The Bertz CT molecular complexity index is 1450. The summed E-state index contributed by atoms with van der Waals surface area (Å²) in [6.45, 7) is 5.36. The molecule has 0 spiro atoms. The second kappa shape index (κ2) is 11.6. The average Bonchev–Trinajstić information content (AvgIpc) is 3.24. The Hall–Kier alpha value is -4.65. The largest absolute Gasteiger partial charge is 0.490 e. The third-order valence-electron chi connectivity index (χ3n) is 5.31. The van der Waals surface area contributed by atoms with Gasteiger partial charge < -0.3 is 26.4 Å². The van der Waals surface area contributed by atoms with Crippen molar-refractivity contribution in [3.63, 3.8) is 0 Å². The Morgan fingerprint density at radius 3 is 2.42 bits per heavy atom. The fourth-order valence-electron chi connectivity index (χ4n) is 3.40. The summed E-state index contributed by atoms with van der Waals surface area (Å²) >= 11 is 0. The van der Waals surface area contributed by atoms with Gasteiger partial charge in [0.15, 0.2) is 11.2 Å². The summed E-state index contributed by atoms with van der Waals surface area (Å²) in [5, 5.41) is 13.5. The molecule has 0 bridgehead atoms. The maximum atomic E-state index is 13.2. The molecule has 1 amide bonds. The van der Waals surface area contributed by atoms with E-state index in [2.05, 4.69) is 42.3 Å². The van der Waals surface area contributed by atoms with Crippen molar-refractivity contribution in [3.8, 4) is 11.8 Å². The monoisotopic (exact) mass is 535 g/mol. The van der Waals surface area contributed by atoms with Gasteiger partial charge in [-0.2, -0.15) is 23.1 Å². The van der Waals surface area contributed by atoms with Crippen LogP contribution in [0.2, 0.25) is 0 Å². The van der Waals surface area contributed by atoms with E-state index in [1.165, 1.54) is 10.8 Å². The van der Waals surface area contributed by atoms with Gasteiger partial charge in [0.1, 0.15) is 5.82 Å². The minimum absolute atomic E-state index is 0.243. The zero-order valence-corrected chi connectivity index (χ0v) is 20.3. The van der Waals surface area contributed by atoms with Crippen LogP contribution in [0, 0.1) is 11.8 Å². The van der Waals surface area contributed by atoms with Crippen LogP contribution in [0.4, 0.5) is 30.9 Å². The number of nitrogens with zero attached hydrogens (tertiary/aromatic N) is 6. The fraction of sp³-hybridized carbons (Fsp3) is 0.364. The number of rotatable bonds is 5. The molecule has 3 aromatic rings. The molecule has 0 aliphatic carbocycles. The first-order chi connectivity index (χ1) is 17.9. The number of carboxylic acid groups (broad SMARTS) is 1. The predicted molar refractivity (Wildman–Crippen MR) is 131 cm³/mol. The first kappa shape index (κ1) is 27.9. The Morgan fingerprint density at radius 2 is 1.89 bits per heavy atom. The number of hydrogen-bond acceptors (Lipinski definition) is 9. The van der Waals surface area contributed by atoms with Gasteiger partial charge in [-0.15, -0.1) is 5.92 Å². The zero-order valence-electron chi connectivity index (χ0n) is 20.3. The molecule has 3 aromatic heterocycles. The van der Waals surface area contributed by atoms with Crippen molar-refractivity contribution in [2.75, 3.05) is 36.4 Å². The number of anilines is 3. The maximum absolute atomic E-state index is 13.2. The van der Waals surface area contributed by atoms with Crippen molar-refractivity contribution < 1.29 is 27.9 Å². The molecule has 0 saturated carbocycles. The lowest BCUT2D eigenvalue weighted by Crippen LogP contribution is -2.44. The lowest BCUT2D eigenvalue weighted by atomic mass is 10.3. The van der Waals surface area contributed by atoms with E-state index in [0.29, 0.717) is 35.0 Å². The number of nitrogens with one attached hydrogen (secondary N) is 2. The molecule has 4 heterocycles. The lowest BCUT2D eigenvalue weighted by Gasteiger charge is -2.28. The maximum Gasteiger partial charge on any atom is 0.490 e. The summed E-state index contributed by atoms with van der Waals surface area (Å²) in [5.74, 6) is 3.98. The highest BCUT2D eigenvalue weighted by Gasteiger charge is 2.38. The molecule has 1 saturated heterocycles. The van der Waals surface area contributed by atoms with E-state index in [1.807, 2.05) is 4.57 Å². The van der Waals surface area contributed by atoms with Crippen molar-refractivity contribution in [1.29, 1.82) is 0 Å². The highest BCUT2D eigenvalue weighted by molar-refractivity contribution is 5.92. The van der Waals surface area contributed by atoms with Crippen LogP contribution in [0.1, 0.15) is 17.3 Å². The Morgan fingerprint density at radius 1 is 1.24 bits per heavy atom. The Kier molecular flexibility index (Phi) is 8.53. The second-order valence-electron chi connectivity index (χ2n) is 7.86. The summed E-state index contributed by atoms with van der Waals surface area (Å²) in [7, 11) is 1.63. The number of aliphatic carboxylic acids is 1. The number of halogens is 3.